The largest absolute Gasteiger partial charge is 0.464 e. The summed E-state index contributed by atoms with van der Waals surface area (Å²) in [6.07, 6.45) is 16.8. The van der Waals surface area contributed by atoms with Crippen LogP contribution in [0.1, 0.15) is 117 Å². The molecule has 0 aliphatic carbocycles. The van der Waals surface area contributed by atoms with Crippen LogP contribution in [-0.4, -0.2) is 18.1 Å². The van der Waals surface area contributed by atoms with Crippen LogP contribution in [0.5, 0.6) is 0 Å². The third-order valence-corrected chi connectivity index (χ3v) is 4.84. The molecule has 0 spiro atoms. The molecule has 3 heteroatoms. The molecule has 2 N–H and O–H groups in total. The van der Waals surface area contributed by atoms with Gasteiger partial charge in [-0.25, -0.2) is 0 Å². The predicted molar refractivity (Wildman–Crippen MR) is 104 cm³/mol. The highest BCUT2D eigenvalue weighted by Gasteiger charge is 2.34. The molecule has 0 radical (unpaired) electrons. The van der Waals surface area contributed by atoms with Crippen molar-refractivity contribution in [3.63, 3.8) is 0 Å². The number of ether oxygens (including phenoxy) is 1. The first-order valence-corrected chi connectivity index (χ1v) is 10.6. The van der Waals surface area contributed by atoms with E-state index in [4.69, 9.17) is 10.5 Å². The smallest absolute Gasteiger partial charge is 0.326 e. The summed E-state index contributed by atoms with van der Waals surface area (Å²) in [5, 5.41) is 0. The molecule has 144 valence electrons. The number of nitrogens with two attached hydrogens (primary N) is 1. The van der Waals surface area contributed by atoms with Crippen molar-refractivity contribution < 1.29 is 9.53 Å². The average molecular weight is 342 g/mol. The van der Waals surface area contributed by atoms with Gasteiger partial charge in [0.25, 0.3) is 0 Å². The van der Waals surface area contributed by atoms with E-state index in [0.29, 0.717) is 6.61 Å². The summed E-state index contributed by atoms with van der Waals surface area (Å²) in [5.41, 5.74) is 5.67. The monoisotopic (exact) mass is 341 g/mol. The van der Waals surface area contributed by atoms with E-state index in [-0.39, 0.29) is 5.97 Å². The Labute approximate surface area is 151 Å². The zero-order valence-electron chi connectivity index (χ0n) is 16.7. The van der Waals surface area contributed by atoms with Gasteiger partial charge in [-0.3, -0.25) is 4.79 Å². The molecule has 0 amide bonds. The van der Waals surface area contributed by atoms with Crippen LogP contribution in [0, 0.1) is 0 Å². The molecule has 0 heterocycles. The zero-order valence-corrected chi connectivity index (χ0v) is 16.7. The molecule has 0 aliphatic rings. The molecular formula is C21H43NO2. The van der Waals surface area contributed by atoms with Gasteiger partial charge in [0.15, 0.2) is 0 Å². The van der Waals surface area contributed by atoms with Crippen LogP contribution in [0.25, 0.3) is 0 Å². The van der Waals surface area contributed by atoms with Crippen molar-refractivity contribution in [2.45, 2.75) is 123 Å². The Hall–Kier alpha value is -0.570. The summed E-state index contributed by atoms with van der Waals surface area (Å²) in [7, 11) is 0. The summed E-state index contributed by atoms with van der Waals surface area (Å²) in [5.74, 6) is -0.168. The zero-order chi connectivity index (χ0) is 18.1. The second kappa shape index (κ2) is 15.9. The molecule has 24 heavy (non-hydrogen) atoms. The van der Waals surface area contributed by atoms with Crippen molar-refractivity contribution in [2.75, 3.05) is 6.61 Å². The second-order valence-electron chi connectivity index (χ2n) is 7.33. The van der Waals surface area contributed by atoms with E-state index in [9.17, 15) is 4.79 Å². The van der Waals surface area contributed by atoms with Gasteiger partial charge < -0.3 is 10.5 Å². The number of rotatable bonds is 17. The van der Waals surface area contributed by atoms with Gasteiger partial charge in [0, 0.05) is 0 Å². The van der Waals surface area contributed by atoms with Crippen LogP contribution in [0.15, 0.2) is 0 Å². The minimum Gasteiger partial charge on any atom is -0.464 e. The summed E-state index contributed by atoms with van der Waals surface area (Å²) >= 11 is 0. The molecule has 3 nitrogen and oxygen atoms in total. The first-order chi connectivity index (χ1) is 11.6. The van der Waals surface area contributed by atoms with Gasteiger partial charge in [-0.15, -0.1) is 0 Å². The quantitative estimate of drug-likeness (QED) is 0.255. The Bertz CT molecular complexity index is 294. The topological polar surface area (TPSA) is 52.3 Å². The van der Waals surface area contributed by atoms with Crippen molar-refractivity contribution in [1.29, 1.82) is 0 Å². The third kappa shape index (κ3) is 11.9. The van der Waals surface area contributed by atoms with Crippen LogP contribution >= 0.6 is 0 Å². The Balaban J connectivity index is 4.01. The lowest BCUT2D eigenvalue weighted by atomic mass is 9.88. The predicted octanol–water partition coefficient (Wildman–Crippen LogP) is 6.14. The van der Waals surface area contributed by atoms with E-state index in [0.717, 1.165) is 51.4 Å². The minimum absolute atomic E-state index is 0.168. The molecule has 0 fully saturated rings. The summed E-state index contributed by atoms with van der Waals surface area (Å²) in [6, 6.07) is 0. The fourth-order valence-corrected chi connectivity index (χ4v) is 3.06. The van der Waals surface area contributed by atoms with E-state index in [1.807, 2.05) is 0 Å². The molecule has 0 aromatic heterocycles. The van der Waals surface area contributed by atoms with Crippen molar-refractivity contribution in [3.8, 4) is 0 Å². The van der Waals surface area contributed by atoms with Crippen molar-refractivity contribution in [3.05, 3.63) is 0 Å². The van der Waals surface area contributed by atoms with Crippen LogP contribution in [-0.2, 0) is 9.53 Å². The van der Waals surface area contributed by atoms with Gasteiger partial charge in [-0.1, -0.05) is 97.8 Å². The van der Waals surface area contributed by atoms with Crippen LogP contribution in [0.4, 0.5) is 0 Å². The number of unbranched alkanes of at least 4 members (excludes halogenated alkanes) is 10. The maximum absolute atomic E-state index is 12.5. The van der Waals surface area contributed by atoms with E-state index in [2.05, 4.69) is 20.8 Å². The molecule has 1 unspecified atom stereocenters. The van der Waals surface area contributed by atoms with E-state index < -0.39 is 5.54 Å². The maximum Gasteiger partial charge on any atom is 0.326 e. The molecule has 0 aromatic rings. The van der Waals surface area contributed by atoms with Gasteiger partial charge in [-0.05, 0) is 19.3 Å². The fraction of sp³-hybridized carbons (Fsp3) is 0.952. The molecule has 0 rings (SSSR count). The second-order valence-corrected chi connectivity index (χ2v) is 7.33. The molecule has 0 bridgehead atoms. The first kappa shape index (κ1) is 23.4. The lowest BCUT2D eigenvalue weighted by molar-refractivity contribution is -0.151. The number of carbonyl (C=O) groups excluding carboxylic acids is 1. The summed E-state index contributed by atoms with van der Waals surface area (Å²) in [6.45, 7) is 7.11. The lowest BCUT2D eigenvalue weighted by Gasteiger charge is -2.27. The maximum atomic E-state index is 12.5. The fourth-order valence-electron chi connectivity index (χ4n) is 3.06. The van der Waals surface area contributed by atoms with E-state index in [1.54, 1.807) is 0 Å². The van der Waals surface area contributed by atoms with Gasteiger partial charge in [-0.2, -0.15) is 0 Å². The molecule has 0 aromatic carbocycles. The summed E-state index contributed by atoms with van der Waals surface area (Å²) < 4.78 is 5.53. The molecule has 0 saturated heterocycles. The highest BCUT2D eigenvalue weighted by atomic mass is 16.5. The van der Waals surface area contributed by atoms with Crippen LogP contribution in [0.3, 0.4) is 0 Å². The Kier molecular flexibility index (Phi) is 15.6. The SMILES string of the molecule is CCCCCCCCCOC(=O)C(N)(CCCC)CCCCCC. The number of hydrogen-bond acceptors (Lipinski definition) is 3. The third-order valence-electron chi connectivity index (χ3n) is 4.84. The minimum atomic E-state index is -0.759. The van der Waals surface area contributed by atoms with Gasteiger partial charge in [0.05, 0.1) is 6.61 Å². The van der Waals surface area contributed by atoms with Gasteiger partial charge in [0.1, 0.15) is 5.54 Å². The summed E-state index contributed by atoms with van der Waals surface area (Å²) in [4.78, 5) is 12.5. The highest BCUT2D eigenvalue weighted by Crippen LogP contribution is 2.22. The Morgan fingerprint density at radius 2 is 1.17 bits per heavy atom. The van der Waals surface area contributed by atoms with Crippen molar-refractivity contribution >= 4 is 5.97 Å². The average Bonchev–Trinajstić information content (AvgIpc) is 2.59. The normalized spacial score (nSPS) is 13.7. The van der Waals surface area contributed by atoms with Gasteiger partial charge in [0.2, 0.25) is 0 Å². The van der Waals surface area contributed by atoms with E-state index >= 15 is 0 Å². The first-order valence-electron chi connectivity index (χ1n) is 10.6. The Morgan fingerprint density at radius 3 is 1.75 bits per heavy atom. The van der Waals surface area contributed by atoms with Crippen LogP contribution in [0.2, 0.25) is 0 Å². The molecular weight excluding hydrogens is 298 g/mol. The Morgan fingerprint density at radius 1 is 0.708 bits per heavy atom. The van der Waals surface area contributed by atoms with Gasteiger partial charge >= 0.3 is 5.97 Å². The number of esters is 1. The van der Waals surface area contributed by atoms with Crippen molar-refractivity contribution in [2.24, 2.45) is 5.73 Å². The van der Waals surface area contributed by atoms with E-state index in [1.165, 1.54) is 44.9 Å². The molecule has 0 saturated carbocycles. The standard InChI is InChI=1S/C21H43NO2/c1-4-7-10-12-13-14-16-19-24-20(23)21(22,17-9-6-3)18-15-11-8-5-2/h4-19,22H2,1-3H3. The molecule has 0 aliphatic heterocycles. The number of hydrogen-bond donors (Lipinski definition) is 1. The highest BCUT2D eigenvalue weighted by molar-refractivity contribution is 5.80. The van der Waals surface area contributed by atoms with Crippen molar-refractivity contribution in [1.82, 2.24) is 0 Å². The lowest BCUT2D eigenvalue weighted by Crippen LogP contribution is -2.49. The number of carbonyl (C=O) groups is 1. The van der Waals surface area contributed by atoms with Crippen LogP contribution < -0.4 is 5.73 Å². The molecule has 1 atom stereocenters.